The molecule has 0 atom stereocenters. The van der Waals surface area contributed by atoms with Crippen LogP contribution in [0.3, 0.4) is 0 Å². The topological polar surface area (TPSA) is 68.1 Å². The minimum Gasteiger partial charge on any atom is -0.383 e. The van der Waals surface area contributed by atoms with Crippen LogP contribution in [0.2, 0.25) is 0 Å². The number of likely N-dealkylation sites (N-methyl/N-ethyl adjacent to an activating group) is 1. The van der Waals surface area contributed by atoms with Gasteiger partial charge >= 0.3 is 0 Å². The highest BCUT2D eigenvalue weighted by Crippen LogP contribution is 2.26. The van der Waals surface area contributed by atoms with E-state index < -0.39 is 0 Å². The number of nitrogens with zero attached hydrogens (tertiary/aromatic N) is 5. The van der Waals surface area contributed by atoms with Crippen LogP contribution < -0.4 is 10.2 Å². The maximum Gasteiger partial charge on any atom is 0.128 e. The quantitative estimate of drug-likeness (QED) is 0.672. The number of ether oxygens (including phenoxy) is 1. The molecule has 0 aliphatic rings. The van der Waals surface area contributed by atoms with Crippen LogP contribution in [0.5, 0.6) is 0 Å². The number of aryl methyl sites for hydroxylation is 1. The largest absolute Gasteiger partial charge is 0.383 e. The van der Waals surface area contributed by atoms with Gasteiger partial charge in [-0.25, -0.2) is 4.98 Å². The maximum atomic E-state index is 5.10. The molecule has 0 fully saturated rings. The Bertz CT molecular complexity index is 816. The van der Waals surface area contributed by atoms with Crippen LogP contribution in [-0.2, 0) is 18.3 Å². The van der Waals surface area contributed by atoms with E-state index in [1.165, 1.54) is 0 Å². The van der Waals surface area contributed by atoms with E-state index in [1.807, 2.05) is 49.4 Å². The van der Waals surface area contributed by atoms with Gasteiger partial charge in [-0.2, -0.15) is 5.10 Å². The third-order valence-corrected chi connectivity index (χ3v) is 4.10. The Morgan fingerprint density at radius 3 is 2.69 bits per heavy atom. The van der Waals surface area contributed by atoms with Gasteiger partial charge in [0.25, 0.3) is 0 Å². The second kappa shape index (κ2) is 8.44. The van der Waals surface area contributed by atoms with Crippen LogP contribution in [0, 0.1) is 0 Å². The van der Waals surface area contributed by atoms with Crippen LogP contribution in [0.25, 0.3) is 11.3 Å². The lowest BCUT2D eigenvalue weighted by atomic mass is 10.2. The molecule has 3 aromatic rings. The molecule has 0 aliphatic heterocycles. The van der Waals surface area contributed by atoms with Crippen molar-refractivity contribution >= 4 is 11.5 Å². The summed E-state index contributed by atoms with van der Waals surface area (Å²) in [5, 5.41) is 8.01. The number of methoxy groups -OCH3 is 1. The molecule has 1 N–H and O–H groups in total. The summed E-state index contributed by atoms with van der Waals surface area (Å²) in [6, 6.07) is 8.03. The normalized spacial score (nSPS) is 10.7. The van der Waals surface area contributed by atoms with E-state index in [4.69, 9.17) is 4.74 Å². The van der Waals surface area contributed by atoms with E-state index in [-0.39, 0.29) is 0 Å². The van der Waals surface area contributed by atoms with E-state index in [0.717, 1.165) is 34.9 Å². The van der Waals surface area contributed by atoms with Crippen molar-refractivity contribution in [3.63, 3.8) is 0 Å². The first-order chi connectivity index (χ1) is 12.7. The highest BCUT2D eigenvalue weighted by Gasteiger charge is 2.10. The van der Waals surface area contributed by atoms with Gasteiger partial charge in [0.1, 0.15) is 11.5 Å². The molecule has 0 amide bonds. The van der Waals surface area contributed by atoms with E-state index >= 15 is 0 Å². The Kier molecular flexibility index (Phi) is 5.80. The standard InChI is InChI=1S/C19H24N6O/c1-24(10-11-26-3)18-5-4-15(13-22-18)12-21-17-14-25(2)23-19(17)16-6-8-20-9-7-16/h4-9,13-14,21H,10-12H2,1-3H3. The lowest BCUT2D eigenvalue weighted by molar-refractivity contribution is 0.206. The molecule has 0 spiro atoms. The molecule has 0 saturated heterocycles. The molecule has 0 aromatic carbocycles. The van der Waals surface area contributed by atoms with Gasteiger partial charge in [-0.15, -0.1) is 0 Å². The average molecular weight is 352 g/mol. The second-order valence-electron chi connectivity index (χ2n) is 6.09. The molecule has 0 radical (unpaired) electrons. The number of aromatic nitrogens is 4. The summed E-state index contributed by atoms with van der Waals surface area (Å²) in [5.41, 5.74) is 4.05. The average Bonchev–Trinajstić information content (AvgIpc) is 3.06. The first-order valence-corrected chi connectivity index (χ1v) is 8.50. The number of nitrogens with one attached hydrogen (secondary N) is 1. The van der Waals surface area contributed by atoms with Crippen molar-refractivity contribution in [2.45, 2.75) is 6.54 Å². The number of hydrogen-bond acceptors (Lipinski definition) is 6. The van der Waals surface area contributed by atoms with Crippen LogP contribution in [0.1, 0.15) is 5.56 Å². The van der Waals surface area contributed by atoms with Gasteiger partial charge < -0.3 is 15.0 Å². The van der Waals surface area contributed by atoms with E-state index in [1.54, 1.807) is 19.5 Å². The van der Waals surface area contributed by atoms with E-state index in [9.17, 15) is 0 Å². The number of pyridine rings is 2. The van der Waals surface area contributed by atoms with Gasteiger partial charge in [0, 0.05) is 64.6 Å². The smallest absolute Gasteiger partial charge is 0.128 e. The Morgan fingerprint density at radius 1 is 1.19 bits per heavy atom. The Hall–Kier alpha value is -2.93. The fourth-order valence-electron chi connectivity index (χ4n) is 2.63. The molecule has 26 heavy (non-hydrogen) atoms. The molecule has 3 aromatic heterocycles. The zero-order valence-electron chi connectivity index (χ0n) is 15.4. The molecule has 0 bridgehead atoms. The predicted octanol–water partition coefficient (Wildman–Crippen LogP) is 2.57. The molecule has 0 saturated carbocycles. The van der Waals surface area contributed by atoms with Crippen molar-refractivity contribution in [2.24, 2.45) is 7.05 Å². The molecule has 7 nitrogen and oxygen atoms in total. The summed E-state index contributed by atoms with van der Waals surface area (Å²) in [6.45, 7) is 2.17. The molecule has 0 aliphatic carbocycles. The third kappa shape index (κ3) is 4.37. The Balaban J connectivity index is 1.66. The third-order valence-electron chi connectivity index (χ3n) is 4.10. The summed E-state index contributed by atoms with van der Waals surface area (Å²) in [4.78, 5) is 10.7. The summed E-state index contributed by atoms with van der Waals surface area (Å²) >= 11 is 0. The van der Waals surface area contributed by atoms with Crippen molar-refractivity contribution in [1.82, 2.24) is 19.7 Å². The fraction of sp³-hybridized carbons (Fsp3) is 0.316. The first-order valence-electron chi connectivity index (χ1n) is 8.50. The van der Waals surface area contributed by atoms with Gasteiger partial charge in [-0.05, 0) is 23.8 Å². The number of anilines is 2. The molecule has 0 unspecified atom stereocenters. The van der Waals surface area contributed by atoms with E-state index in [0.29, 0.717) is 13.2 Å². The summed E-state index contributed by atoms with van der Waals surface area (Å²) in [7, 11) is 5.63. The zero-order chi connectivity index (χ0) is 18.4. The van der Waals surface area contributed by atoms with Gasteiger partial charge in [0.05, 0.1) is 12.3 Å². The molecule has 3 rings (SSSR count). The van der Waals surface area contributed by atoms with Gasteiger partial charge in [0.15, 0.2) is 0 Å². The van der Waals surface area contributed by atoms with Gasteiger partial charge in [-0.1, -0.05) is 6.07 Å². The van der Waals surface area contributed by atoms with Crippen molar-refractivity contribution in [3.05, 3.63) is 54.6 Å². The summed E-state index contributed by atoms with van der Waals surface area (Å²) < 4.78 is 6.91. The highest BCUT2D eigenvalue weighted by atomic mass is 16.5. The van der Waals surface area contributed by atoms with Crippen molar-refractivity contribution in [1.29, 1.82) is 0 Å². The molecular formula is C19H24N6O. The van der Waals surface area contributed by atoms with Crippen LogP contribution >= 0.6 is 0 Å². The monoisotopic (exact) mass is 352 g/mol. The van der Waals surface area contributed by atoms with Crippen molar-refractivity contribution in [2.75, 3.05) is 37.5 Å². The first kappa shape index (κ1) is 17.9. The molecule has 136 valence electrons. The van der Waals surface area contributed by atoms with Crippen molar-refractivity contribution < 1.29 is 4.74 Å². The Morgan fingerprint density at radius 2 is 2.00 bits per heavy atom. The molecular weight excluding hydrogens is 328 g/mol. The van der Waals surface area contributed by atoms with Crippen LogP contribution in [0.15, 0.2) is 49.1 Å². The minimum atomic E-state index is 0.679. The minimum absolute atomic E-state index is 0.679. The SMILES string of the molecule is COCCN(C)c1ccc(CNc2cn(C)nc2-c2ccncc2)cn1. The van der Waals surface area contributed by atoms with Crippen LogP contribution in [0.4, 0.5) is 11.5 Å². The Labute approximate surface area is 153 Å². The maximum absolute atomic E-state index is 5.10. The van der Waals surface area contributed by atoms with E-state index in [2.05, 4.69) is 31.3 Å². The van der Waals surface area contributed by atoms with Crippen molar-refractivity contribution in [3.8, 4) is 11.3 Å². The summed E-state index contributed by atoms with van der Waals surface area (Å²) in [6.07, 6.45) is 7.43. The number of rotatable bonds is 8. The second-order valence-corrected chi connectivity index (χ2v) is 6.09. The lowest BCUT2D eigenvalue weighted by Crippen LogP contribution is -2.22. The highest BCUT2D eigenvalue weighted by molar-refractivity contribution is 5.73. The zero-order valence-corrected chi connectivity index (χ0v) is 15.4. The van der Waals surface area contributed by atoms with Gasteiger partial charge in [0.2, 0.25) is 0 Å². The lowest BCUT2D eigenvalue weighted by Gasteiger charge is -2.17. The fourth-order valence-corrected chi connectivity index (χ4v) is 2.63. The van der Waals surface area contributed by atoms with Crippen LogP contribution in [-0.4, -0.2) is 47.1 Å². The predicted molar refractivity (Wildman–Crippen MR) is 103 cm³/mol. The number of hydrogen-bond donors (Lipinski definition) is 1. The summed E-state index contributed by atoms with van der Waals surface area (Å²) in [5.74, 6) is 0.935. The molecule has 3 heterocycles. The van der Waals surface area contributed by atoms with Gasteiger partial charge in [-0.3, -0.25) is 9.67 Å². The molecule has 7 heteroatoms.